The molecule has 1 N–H and O–H groups in total. The lowest BCUT2D eigenvalue weighted by molar-refractivity contribution is 0.307. The van der Waals surface area contributed by atoms with E-state index in [2.05, 4.69) is 68.6 Å². The molecule has 0 aliphatic rings. The molecule has 134 valence electrons. The smallest absolute Gasteiger partial charge is 0.142 e. The summed E-state index contributed by atoms with van der Waals surface area (Å²) in [6.45, 7) is 8.05. The van der Waals surface area contributed by atoms with Crippen molar-refractivity contribution in [3.05, 3.63) is 95.6 Å². The molecule has 0 atom stereocenters. The van der Waals surface area contributed by atoms with Crippen LogP contribution in [0.4, 0.5) is 5.69 Å². The van der Waals surface area contributed by atoms with Crippen LogP contribution in [0.15, 0.2) is 78.9 Å². The summed E-state index contributed by atoms with van der Waals surface area (Å²) < 4.78 is 6.01. The molecule has 26 heavy (non-hydrogen) atoms. The first-order chi connectivity index (χ1) is 12.5. The van der Waals surface area contributed by atoms with E-state index in [1.165, 1.54) is 16.7 Å². The van der Waals surface area contributed by atoms with Crippen LogP contribution in [0.2, 0.25) is 0 Å². The van der Waals surface area contributed by atoms with Crippen molar-refractivity contribution in [1.82, 2.24) is 0 Å². The molecule has 0 saturated heterocycles. The minimum Gasteiger partial charge on any atom is -0.487 e. The molecule has 0 amide bonds. The van der Waals surface area contributed by atoms with Crippen LogP contribution in [0.3, 0.4) is 0 Å². The zero-order valence-corrected chi connectivity index (χ0v) is 15.8. The van der Waals surface area contributed by atoms with E-state index in [-0.39, 0.29) is 5.41 Å². The van der Waals surface area contributed by atoms with Crippen LogP contribution < -0.4 is 10.1 Å². The third-order valence-corrected chi connectivity index (χ3v) is 4.43. The van der Waals surface area contributed by atoms with Gasteiger partial charge in [0.1, 0.15) is 12.4 Å². The molecule has 3 rings (SSSR count). The molecule has 0 unspecified atom stereocenters. The Morgan fingerprint density at radius 3 is 2.08 bits per heavy atom. The fourth-order valence-corrected chi connectivity index (χ4v) is 2.79. The van der Waals surface area contributed by atoms with Crippen molar-refractivity contribution in [2.45, 2.75) is 39.3 Å². The Labute approximate surface area is 156 Å². The Hall–Kier alpha value is -2.74. The molecule has 0 radical (unpaired) electrons. The maximum atomic E-state index is 6.01. The van der Waals surface area contributed by atoms with Gasteiger partial charge in [-0.25, -0.2) is 0 Å². The first-order valence-corrected chi connectivity index (χ1v) is 9.11. The second-order valence-electron chi connectivity index (χ2n) is 7.57. The summed E-state index contributed by atoms with van der Waals surface area (Å²) in [5.41, 5.74) is 4.98. The van der Waals surface area contributed by atoms with Gasteiger partial charge in [-0.1, -0.05) is 87.5 Å². The van der Waals surface area contributed by atoms with Crippen molar-refractivity contribution < 1.29 is 4.74 Å². The maximum Gasteiger partial charge on any atom is 0.142 e. The lowest BCUT2D eigenvalue weighted by Crippen LogP contribution is -2.11. The zero-order chi connectivity index (χ0) is 18.4. The second kappa shape index (κ2) is 8.09. The van der Waals surface area contributed by atoms with E-state index in [1.54, 1.807) is 0 Å². The van der Waals surface area contributed by atoms with Crippen LogP contribution in [0.25, 0.3) is 0 Å². The Kier molecular flexibility index (Phi) is 5.62. The van der Waals surface area contributed by atoms with Crippen LogP contribution in [0.5, 0.6) is 5.75 Å². The second-order valence-corrected chi connectivity index (χ2v) is 7.57. The van der Waals surface area contributed by atoms with Crippen LogP contribution in [-0.2, 0) is 18.6 Å². The van der Waals surface area contributed by atoms with Gasteiger partial charge in [-0.2, -0.15) is 0 Å². The summed E-state index contributed by atoms with van der Waals surface area (Å²) in [6, 6.07) is 27.2. The molecule has 0 fully saturated rings. The van der Waals surface area contributed by atoms with Crippen molar-refractivity contribution in [3.63, 3.8) is 0 Å². The van der Waals surface area contributed by atoms with Crippen LogP contribution >= 0.6 is 0 Å². The molecule has 0 aliphatic heterocycles. The molecule has 0 aromatic heterocycles. The summed E-state index contributed by atoms with van der Waals surface area (Å²) in [4.78, 5) is 0. The average molecular weight is 345 g/mol. The van der Waals surface area contributed by atoms with Crippen molar-refractivity contribution in [3.8, 4) is 5.75 Å². The fourth-order valence-electron chi connectivity index (χ4n) is 2.79. The van der Waals surface area contributed by atoms with Crippen LogP contribution in [0.1, 0.15) is 37.5 Å². The summed E-state index contributed by atoms with van der Waals surface area (Å²) in [6.07, 6.45) is 0. The number of benzene rings is 3. The van der Waals surface area contributed by atoms with Crippen LogP contribution in [0, 0.1) is 0 Å². The van der Waals surface area contributed by atoms with Gasteiger partial charge in [0, 0.05) is 6.54 Å². The predicted molar refractivity (Wildman–Crippen MR) is 110 cm³/mol. The Morgan fingerprint density at radius 1 is 0.731 bits per heavy atom. The van der Waals surface area contributed by atoms with E-state index in [9.17, 15) is 0 Å². The minimum atomic E-state index is 0.184. The fraction of sp³-hybridized carbons (Fsp3) is 0.250. The highest BCUT2D eigenvalue weighted by Crippen LogP contribution is 2.26. The molecule has 3 aromatic carbocycles. The van der Waals surface area contributed by atoms with Crippen molar-refractivity contribution in [2.24, 2.45) is 0 Å². The zero-order valence-electron chi connectivity index (χ0n) is 15.8. The Morgan fingerprint density at radius 2 is 1.38 bits per heavy atom. The maximum absolute atomic E-state index is 6.01. The lowest BCUT2D eigenvalue weighted by atomic mass is 9.87. The predicted octanol–water partition coefficient (Wildman–Crippen LogP) is 6.18. The first kappa shape index (κ1) is 18.1. The molecule has 0 spiro atoms. The monoisotopic (exact) mass is 345 g/mol. The highest BCUT2D eigenvalue weighted by Gasteiger charge is 2.12. The summed E-state index contributed by atoms with van der Waals surface area (Å²) >= 11 is 0. The molecule has 0 saturated carbocycles. The largest absolute Gasteiger partial charge is 0.487 e. The number of rotatable bonds is 6. The third kappa shape index (κ3) is 4.89. The van der Waals surface area contributed by atoms with Crippen molar-refractivity contribution in [2.75, 3.05) is 5.32 Å². The van der Waals surface area contributed by atoms with E-state index in [1.807, 2.05) is 36.4 Å². The Bertz CT molecular complexity index is 817. The molecule has 0 bridgehead atoms. The number of nitrogens with one attached hydrogen (secondary N) is 1. The van der Waals surface area contributed by atoms with Gasteiger partial charge < -0.3 is 10.1 Å². The van der Waals surface area contributed by atoms with E-state index >= 15 is 0 Å². The molecule has 0 aliphatic carbocycles. The van der Waals surface area contributed by atoms with Gasteiger partial charge in [0.15, 0.2) is 0 Å². The number of anilines is 1. The number of hydrogen-bond acceptors (Lipinski definition) is 2. The van der Waals surface area contributed by atoms with Crippen molar-refractivity contribution >= 4 is 5.69 Å². The SMILES string of the molecule is CC(C)(C)c1ccc(CNc2ccccc2OCc2ccccc2)cc1. The molecule has 2 nitrogen and oxygen atoms in total. The quantitative estimate of drug-likeness (QED) is 0.576. The Balaban J connectivity index is 1.63. The molecule has 3 aromatic rings. The van der Waals surface area contributed by atoms with Gasteiger partial charge in [-0.3, -0.25) is 0 Å². The van der Waals surface area contributed by atoms with Gasteiger partial charge in [-0.15, -0.1) is 0 Å². The summed E-state index contributed by atoms with van der Waals surface area (Å²) in [5, 5.41) is 3.50. The molecule has 0 heterocycles. The first-order valence-electron chi connectivity index (χ1n) is 9.11. The highest BCUT2D eigenvalue weighted by atomic mass is 16.5. The van der Waals surface area contributed by atoms with Gasteiger partial charge >= 0.3 is 0 Å². The molecular formula is C24H27NO. The summed E-state index contributed by atoms with van der Waals surface area (Å²) in [7, 11) is 0. The topological polar surface area (TPSA) is 21.3 Å². The van der Waals surface area contributed by atoms with E-state index in [0.29, 0.717) is 6.61 Å². The van der Waals surface area contributed by atoms with Gasteiger partial charge in [0.25, 0.3) is 0 Å². The van der Waals surface area contributed by atoms with Gasteiger partial charge in [0.05, 0.1) is 5.69 Å². The number of para-hydroxylation sites is 2. The number of ether oxygens (including phenoxy) is 1. The van der Waals surface area contributed by atoms with E-state index in [4.69, 9.17) is 4.74 Å². The number of hydrogen-bond donors (Lipinski definition) is 1. The normalized spacial score (nSPS) is 11.2. The van der Waals surface area contributed by atoms with Gasteiger partial charge in [-0.05, 0) is 34.2 Å². The van der Waals surface area contributed by atoms with Gasteiger partial charge in [0.2, 0.25) is 0 Å². The van der Waals surface area contributed by atoms with Crippen LogP contribution in [-0.4, -0.2) is 0 Å². The standard InChI is InChI=1S/C24H27NO/c1-24(2,3)21-15-13-19(14-16-21)17-25-22-11-7-8-12-23(22)26-18-20-9-5-4-6-10-20/h4-16,25H,17-18H2,1-3H3. The van der Waals surface area contributed by atoms with E-state index < -0.39 is 0 Å². The molecular weight excluding hydrogens is 318 g/mol. The third-order valence-electron chi connectivity index (χ3n) is 4.43. The van der Waals surface area contributed by atoms with E-state index in [0.717, 1.165) is 18.0 Å². The summed E-state index contributed by atoms with van der Waals surface area (Å²) in [5.74, 6) is 0.877. The highest BCUT2D eigenvalue weighted by molar-refractivity contribution is 5.56. The lowest BCUT2D eigenvalue weighted by Gasteiger charge is -2.19. The van der Waals surface area contributed by atoms with Crippen molar-refractivity contribution in [1.29, 1.82) is 0 Å². The average Bonchev–Trinajstić information content (AvgIpc) is 2.66. The molecule has 2 heteroatoms. The minimum absolute atomic E-state index is 0.184.